The Morgan fingerprint density at radius 2 is 1.70 bits per heavy atom. The minimum absolute atomic E-state index is 0.0226. The first kappa shape index (κ1) is 23.2. The van der Waals surface area contributed by atoms with E-state index in [2.05, 4.69) is 0 Å². The van der Waals surface area contributed by atoms with Crippen LogP contribution in [0.2, 0.25) is 0 Å². The summed E-state index contributed by atoms with van der Waals surface area (Å²) < 4.78 is 42.7. The Morgan fingerprint density at radius 3 is 2.27 bits per heavy atom. The van der Waals surface area contributed by atoms with Gasteiger partial charge in [-0.1, -0.05) is 6.07 Å². The third-order valence-electron chi connectivity index (χ3n) is 4.44. The quantitative estimate of drug-likeness (QED) is 0.588. The number of ether oxygens (including phenoxy) is 3. The lowest BCUT2D eigenvalue weighted by molar-refractivity contribution is -0.138. The molecule has 0 spiro atoms. The number of esters is 2. The SMILES string of the molecule is CCOC(=O)c1ccc(C)c(N(CC(=O)OC)S(=O)(=O)c2ccc(OC)c(C)c2)c1. The van der Waals surface area contributed by atoms with E-state index in [-0.39, 0.29) is 22.8 Å². The zero-order chi connectivity index (χ0) is 22.5. The van der Waals surface area contributed by atoms with E-state index >= 15 is 0 Å². The van der Waals surface area contributed by atoms with Crippen molar-refractivity contribution in [2.24, 2.45) is 0 Å². The van der Waals surface area contributed by atoms with Crippen LogP contribution in [0.3, 0.4) is 0 Å². The molecule has 0 unspecified atom stereocenters. The Kier molecular flexibility index (Phi) is 7.44. The highest BCUT2D eigenvalue weighted by atomic mass is 32.2. The minimum Gasteiger partial charge on any atom is -0.496 e. The molecule has 30 heavy (non-hydrogen) atoms. The van der Waals surface area contributed by atoms with E-state index in [4.69, 9.17) is 14.2 Å². The van der Waals surface area contributed by atoms with Crippen molar-refractivity contribution in [3.05, 3.63) is 53.1 Å². The van der Waals surface area contributed by atoms with Gasteiger partial charge in [-0.2, -0.15) is 0 Å². The van der Waals surface area contributed by atoms with Crippen LogP contribution in [0.4, 0.5) is 5.69 Å². The normalized spacial score (nSPS) is 11.0. The maximum atomic E-state index is 13.5. The fourth-order valence-electron chi connectivity index (χ4n) is 2.84. The van der Waals surface area contributed by atoms with Gasteiger partial charge in [-0.25, -0.2) is 13.2 Å². The molecule has 0 aliphatic heterocycles. The van der Waals surface area contributed by atoms with Crippen molar-refractivity contribution >= 4 is 27.6 Å². The average molecular weight is 435 g/mol. The highest BCUT2D eigenvalue weighted by Crippen LogP contribution is 2.30. The van der Waals surface area contributed by atoms with Gasteiger partial charge in [0.2, 0.25) is 0 Å². The van der Waals surface area contributed by atoms with E-state index < -0.39 is 28.5 Å². The maximum Gasteiger partial charge on any atom is 0.338 e. The number of methoxy groups -OCH3 is 2. The van der Waals surface area contributed by atoms with Gasteiger partial charge in [0, 0.05) is 0 Å². The van der Waals surface area contributed by atoms with E-state index in [1.54, 1.807) is 32.9 Å². The van der Waals surface area contributed by atoms with Crippen molar-refractivity contribution in [3.63, 3.8) is 0 Å². The highest BCUT2D eigenvalue weighted by Gasteiger charge is 2.30. The summed E-state index contributed by atoms with van der Waals surface area (Å²) in [5.74, 6) is -0.798. The molecule has 2 rings (SSSR count). The first-order chi connectivity index (χ1) is 14.1. The van der Waals surface area contributed by atoms with E-state index in [0.717, 1.165) is 4.31 Å². The first-order valence-electron chi connectivity index (χ1n) is 9.17. The van der Waals surface area contributed by atoms with Crippen LogP contribution >= 0.6 is 0 Å². The second-order valence-electron chi connectivity index (χ2n) is 6.44. The van der Waals surface area contributed by atoms with E-state index in [9.17, 15) is 18.0 Å². The van der Waals surface area contributed by atoms with E-state index in [1.165, 1.54) is 38.5 Å². The topological polar surface area (TPSA) is 99.2 Å². The zero-order valence-corrected chi connectivity index (χ0v) is 18.4. The molecule has 0 heterocycles. The predicted molar refractivity (Wildman–Crippen MR) is 111 cm³/mol. The molecule has 162 valence electrons. The molecule has 9 heteroatoms. The number of benzene rings is 2. The molecule has 0 atom stereocenters. The van der Waals surface area contributed by atoms with Crippen LogP contribution in [0.25, 0.3) is 0 Å². The molecular formula is C21H25NO7S. The summed E-state index contributed by atoms with van der Waals surface area (Å²) in [5, 5.41) is 0. The Balaban J connectivity index is 2.64. The van der Waals surface area contributed by atoms with Gasteiger partial charge in [-0.15, -0.1) is 0 Å². The largest absolute Gasteiger partial charge is 0.496 e. The first-order valence-corrected chi connectivity index (χ1v) is 10.6. The number of hydrogen-bond acceptors (Lipinski definition) is 7. The fraction of sp³-hybridized carbons (Fsp3) is 0.333. The van der Waals surface area contributed by atoms with Gasteiger partial charge in [0.1, 0.15) is 12.3 Å². The van der Waals surface area contributed by atoms with Gasteiger partial charge in [0.05, 0.1) is 37.0 Å². The Labute approximate surface area is 176 Å². The number of aryl methyl sites for hydroxylation is 2. The molecule has 8 nitrogen and oxygen atoms in total. The van der Waals surface area contributed by atoms with Gasteiger partial charge >= 0.3 is 11.9 Å². The summed E-state index contributed by atoms with van der Waals surface area (Å²) >= 11 is 0. The smallest absolute Gasteiger partial charge is 0.338 e. The number of sulfonamides is 1. The standard InChI is InChI=1S/C21H25NO7S/c1-6-29-21(24)16-8-7-14(2)18(12-16)22(13-20(23)28-5)30(25,26)17-9-10-19(27-4)15(3)11-17/h7-12H,6,13H2,1-5H3. The third kappa shape index (κ3) is 4.91. The molecule has 0 aromatic heterocycles. The van der Waals surface area contributed by atoms with Crippen LogP contribution in [-0.4, -0.2) is 47.7 Å². The molecule has 0 saturated heterocycles. The molecule has 0 aliphatic carbocycles. The van der Waals surface area contributed by atoms with Crippen LogP contribution in [0.1, 0.15) is 28.4 Å². The summed E-state index contributed by atoms with van der Waals surface area (Å²) in [7, 11) is -1.50. The molecule has 2 aromatic carbocycles. The lowest BCUT2D eigenvalue weighted by atomic mass is 10.1. The summed E-state index contributed by atoms with van der Waals surface area (Å²) in [6.07, 6.45) is 0. The molecule has 0 radical (unpaired) electrons. The summed E-state index contributed by atoms with van der Waals surface area (Å²) in [6.45, 7) is 4.69. The van der Waals surface area contributed by atoms with Crippen LogP contribution < -0.4 is 9.04 Å². The molecule has 2 aromatic rings. The summed E-state index contributed by atoms with van der Waals surface area (Å²) in [4.78, 5) is 24.2. The van der Waals surface area contributed by atoms with Crippen molar-refractivity contribution in [2.45, 2.75) is 25.7 Å². The average Bonchev–Trinajstić information content (AvgIpc) is 2.72. The van der Waals surface area contributed by atoms with Crippen molar-refractivity contribution in [1.82, 2.24) is 0 Å². The molecular weight excluding hydrogens is 410 g/mol. The van der Waals surface area contributed by atoms with Crippen molar-refractivity contribution < 1.29 is 32.2 Å². The predicted octanol–water partition coefficient (Wildman–Crippen LogP) is 2.86. The summed E-state index contributed by atoms with van der Waals surface area (Å²) in [5.41, 5.74) is 1.53. The molecule has 0 saturated carbocycles. The number of hydrogen-bond donors (Lipinski definition) is 0. The van der Waals surface area contributed by atoms with Crippen LogP contribution in [-0.2, 0) is 24.3 Å². The third-order valence-corrected chi connectivity index (χ3v) is 6.20. The Morgan fingerprint density at radius 1 is 1.00 bits per heavy atom. The van der Waals surface area contributed by atoms with Gasteiger partial charge in [0.25, 0.3) is 10.0 Å². The van der Waals surface area contributed by atoms with Gasteiger partial charge in [-0.3, -0.25) is 9.10 Å². The molecule has 0 fully saturated rings. The molecule has 0 amide bonds. The van der Waals surface area contributed by atoms with Gasteiger partial charge < -0.3 is 14.2 Å². The van der Waals surface area contributed by atoms with E-state index in [0.29, 0.717) is 16.9 Å². The van der Waals surface area contributed by atoms with E-state index in [1.807, 2.05) is 0 Å². The van der Waals surface area contributed by atoms with Crippen molar-refractivity contribution in [3.8, 4) is 5.75 Å². The van der Waals surface area contributed by atoms with Crippen LogP contribution in [0, 0.1) is 13.8 Å². The van der Waals surface area contributed by atoms with Gasteiger partial charge in [0.15, 0.2) is 0 Å². The number of rotatable bonds is 8. The summed E-state index contributed by atoms with van der Waals surface area (Å²) in [6, 6.07) is 8.93. The monoisotopic (exact) mass is 435 g/mol. The second kappa shape index (κ2) is 9.62. The van der Waals surface area contributed by atoms with Crippen LogP contribution in [0.5, 0.6) is 5.75 Å². The number of anilines is 1. The van der Waals surface area contributed by atoms with Crippen LogP contribution in [0.15, 0.2) is 41.3 Å². The second-order valence-corrected chi connectivity index (χ2v) is 8.30. The minimum atomic E-state index is -4.16. The Bertz CT molecular complexity index is 1050. The molecule has 0 N–H and O–H groups in total. The number of nitrogens with zero attached hydrogens (tertiary/aromatic N) is 1. The Hall–Kier alpha value is -3.07. The highest BCUT2D eigenvalue weighted by molar-refractivity contribution is 7.92. The van der Waals surface area contributed by atoms with Crippen molar-refractivity contribution in [2.75, 3.05) is 31.7 Å². The zero-order valence-electron chi connectivity index (χ0n) is 17.6. The lowest BCUT2D eigenvalue weighted by Gasteiger charge is -2.25. The van der Waals surface area contributed by atoms with Gasteiger partial charge in [-0.05, 0) is 62.2 Å². The maximum absolute atomic E-state index is 13.5. The number of carbonyl (C=O) groups is 2. The number of carbonyl (C=O) groups excluding carboxylic acids is 2. The molecule has 0 bridgehead atoms. The lowest BCUT2D eigenvalue weighted by Crippen LogP contribution is -2.37. The fourth-order valence-corrected chi connectivity index (χ4v) is 4.39. The molecule has 0 aliphatic rings. The van der Waals surface area contributed by atoms with Crippen molar-refractivity contribution in [1.29, 1.82) is 0 Å².